The highest BCUT2D eigenvalue weighted by Crippen LogP contribution is 2.32. The van der Waals surface area contributed by atoms with Gasteiger partial charge >= 0.3 is 0 Å². The summed E-state index contributed by atoms with van der Waals surface area (Å²) in [5.41, 5.74) is 3.17. The Balaban J connectivity index is 1.59. The maximum absolute atomic E-state index is 12.7. The number of anilines is 1. The van der Waals surface area contributed by atoms with E-state index in [-0.39, 0.29) is 11.7 Å². The number of aromatic nitrogens is 4. The molecule has 4 rings (SSSR count). The number of amides is 1. The van der Waals surface area contributed by atoms with Gasteiger partial charge in [-0.05, 0) is 55.0 Å². The molecule has 2 aromatic carbocycles. The van der Waals surface area contributed by atoms with Crippen LogP contribution in [0.15, 0.2) is 70.6 Å². The number of rotatable bonds is 7. The van der Waals surface area contributed by atoms with Gasteiger partial charge in [-0.25, -0.2) is 0 Å². The van der Waals surface area contributed by atoms with Gasteiger partial charge in [0.1, 0.15) is 5.75 Å². The molecule has 0 saturated heterocycles. The van der Waals surface area contributed by atoms with Crippen molar-refractivity contribution in [1.82, 2.24) is 19.7 Å². The number of benzene rings is 2. The third-order valence-electron chi connectivity index (χ3n) is 4.74. The van der Waals surface area contributed by atoms with Crippen LogP contribution in [-0.4, -0.2) is 38.5 Å². The lowest BCUT2D eigenvalue weighted by atomic mass is 10.2. The number of pyridine rings is 1. The average molecular weight is 545 g/mol. The van der Waals surface area contributed by atoms with E-state index >= 15 is 0 Å². The molecule has 7 nitrogen and oxygen atoms in total. The van der Waals surface area contributed by atoms with Gasteiger partial charge in [-0.2, -0.15) is 0 Å². The van der Waals surface area contributed by atoms with Crippen molar-refractivity contribution in [1.29, 1.82) is 0 Å². The van der Waals surface area contributed by atoms with Crippen LogP contribution in [0.4, 0.5) is 5.69 Å². The third kappa shape index (κ3) is 5.38. The van der Waals surface area contributed by atoms with Crippen LogP contribution in [0.25, 0.3) is 17.1 Å². The van der Waals surface area contributed by atoms with Crippen LogP contribution in [0.1, 0.15) is 5.56 Å². The predicted octanol–water partition coefficient (Wildman–Crippen LogP) is 5.79. The Morgan fingerprint density at radius 2 is 1.88 bits per heavy atom. The molecule has 0 bridgehead atoms. The summed E-state index contributed by atoms with van der Waals surface area (Å²) in [6, 6.07) is 15.0. The summed E-state index contributed by atoms with van der Waals surface area (Å²) >= 11 is 10.9. The van der Waals surface area contributed by atoms with Crippen LogP contribution in [0, 0.1) is 6.92 Å². The van der Waals surface area contributed by atoms with Crippen molar-refractivity contribution in [3.63, 3.8) is 0 Å². The number of aryl methyl sites for hydroxylation is 1. The summed E-state index contributed by atoms with van der Waals surface area (Å²) in [5, 5.41) is 12.8. The molecular weight excluding hydrogens is 526 g/mol. The maximum atomic E-state index is 12.7. The molecule has 0 radical (unpaired) electrons. The highest BCUT2D eigenvalue weighted by atomic mass is 79.9. The quantitative estimate of drug-likeness (QED) is 0.297. The largest absolute Gasteiger partial charge is 0.495 e. The minimum atomic E-state index is -0.198. The van der Waals surface area contributed by atoms with Gasteiger partial charge in [0.2, 0.25) is 5.91 Å². The molecule has 0 aliphatic carbocycles. The molecule has 1 amide bonds. The van der Waals surface area contributed by atoms with E-state index in [1.54, 1.807) is 24.5 Å². The van der Waals surface area contributed by atoms with Gasteiger partial charge in [0.05, 0.1) is 18.6 Å². The molecule has 1 N–H and O–H groups in total. The standard InChI is InChI=1S/C23H19BrClN5O2S/c1-14-11-19(20(32-2)12-18(14)25)27-21(31)13-33-23-29-28-22(15-7-9-26-10-8-15)30(23)17-5-3-16(24)4-6-17/h3-12H,13H2,1-2H3,(H,27,31). The van der Waals surface area contributed by atoms with E-state index in [0.29, 0.717) is 27.4 Å². The van der Waals surface area contributed by atoms with Crippen molar-refractivity contribution < 1.29 is 9.53 Å². The fourth-order valence-electron chi connectivity index (χ4n) is 3.12. The Hall–Kier alpha value is -2.88. The zero-order valence-corrected chi connectivity index (χ0v) is 20.9. The lowest BCUT2D eigenvalue weighted by molar-refractivity contribution is -0.113. The van der Waals surface area contributed by atoms with E-state index in [1.807, 2.05) is 47.9 Å². The van der Waals surface area contributed by atoms with Crippen LogP contribution in [0.3, 0.4) is 0 Å². The first-order valence-electron chi connectivity index (χ1n) is 9.85. The Kier molecular flexibility index (Phi) is 7.32. The highest BCUT2D eigenvalue weighted by Gasteiger charge is 2.18. The van der Waals surface area contributed by atoms with Crippen molar-refractivity contribution in [3.8, 4) is 22.8 Å². The van der Waals surface area contributed by atoms with Gasteiger partial charge < -0.3 is 10.1 Å². The van der Waals surface area contributed by atoms with E-state index in [1.165, 1.54) is 18.9 Å². The maximum Gasteiger partial charge on any atom is 0.234 e. The summed E-state index contributed by atoms with van der Waals surface area (Å²) in [4.78, 5) is 16.8. The van der Waals surface area contributed by atoms with Crippen molar-refractivity contribution >= 4 is 50.9 Å². The van der Waals surface area contributed by atoms with Crippen molar-refractivity contribution in [2.45, 2.75) is 12.1 Å². The zero-order valence-electron chi connectivity index (χ0n) is 17.8. The first-order chi connectivity index (χ1) is 16.0. The van der Waals surface area contributed by atoms with Crippen molar-refractivity contribution in [3.05, 3.63) is 76.0 Å². The molecule has 0 unspecified atom stereocenters. The number of thioether (sulfide) groups is 1. The Bertz CT molecular complexity index is 1280. The number of hydrogen-bond donors (Lipinski definition) is 1. The number of methoxy groups -OCH3 is 1. The number of nitrogens with zero attached hydrogens (tertiary/aromatic N) is 4. The normalized spacial score (nSPS) is 10.8. The second-order valence-electron chi connectivity index (χ2n) is 6.99. The molecule has 4 aromatic rings. The Morgan fingerprint density at radius 3 is 2.58 bits per heavy atom. The number of nitrogens with one attached hydrogen (secondary N) is 1. The molecule has 168 valence electrons. The highest BCUT2D eigenvalue weighted by molar-refractivity contribution is 9.10. The summed E-state index contributed by atoms with van der Waals surface area (Å²) in [6.45, 7) is 1.87. The van der Waals surface area contributed by atoms with Crippen molar-refractivity contribution in [2.75, 3.05) is 18.2 Å². The molecule has 0 fully saturated rings. The average Bonchev–Trinajstić information content (AvgIpc) is 3.25. The molecule has 2 aromatic heterocycles. The predicted molar refractivity (Wildman–Crippen MR) is 134 cm³/mol. The first-order valence-corrected chi connectivity index (χ1v) is 12.0. The fourth-order valence-corrected chi connectivity index (χ4v) is 4.29. The number of halogens is 2. The zero-order chi connectivity index (χ0) is 23.4. The van der Waals surface area contributed by atoms with Gasteiger partial charge in [-0.3, -0.25) is 14.3 Å². The fraction of sp³-hybridized carbons (Fsp3) is 0.130. The van der Waals surface area contributed by atoms with E-state index in [9.17, 15) is 4.79 Å². The van der Waals surface area contributed by atoms with E-state index in [4.69, 9.17) is 16.3 Å². The molecule has 33 heavy (non-hydrogen) atoms. The number of ether oxygens (including phenoxy) is 1. The molecule has 10 heteroatoms. The lowest BCUT2D eigenvalue weighted by Crippen LogP contribution is -2.15. The summed E-state index contributed by atoms with van der Waals surface area (Å²) in [6.07, 6.45) is 3.41. The monoisotopic (exact) mass is 543 g/mol. The van der Waals surface area contributed by atoms with Crippen LogP contribution in [0.5, 0.6) is 5.75 Å². The van der Waals surface area contributed by atoms with Crippen molar-refractivity contribution in [2.24, 2.45) is 0 Å². The molecule has 0 aliphatic rings. The molecule has 2 heterocycles. The first kappa shape index (κ1) is 23.3. The van der Waals surface area contributed by atoms with Gasteiger partial charge in [0.25, 0.3) is 0 Å². The molecular formula is C23H19BrClN5O2S. The summed E-state index contributed by atoms with van der Waals surface area (Å²) in [5.74, 6) is 1.10. The SMILES string of the molecule is COc1cc(Cl)c(C)cc1NC(=O)CSc1nnc(-c2ccncc2)n1-c1ccc(Br)cc1. The summed E-state index contributed by atoms with van der Waals surface area (Å²) < 4.78 is 8.23. The smallest absolute Gasteiger partial charge is 0.234 e. The second-order valence-corrected chi connectivity index (χ2v) is 9.26. The van der Waals surface area contributed by atoms with E-state index in [0.717, 1.165) is 21.3 Å². The van der Waals surface area contributed by atoms with Crippen LogP contribution >= 0.6 is 39.3 Å². The molecule has 0 atom stereocenters. The van der Waals surface area contributed by atoms with Gasteiger partial charge in [-0.15, -0.1) is 10.2 Å². The number of hydrogen-bond acceptors (Lipinski definition) is 6. The second kappa shape index (κ2) is 10.4. The Labute approximate surface area is 208 Å². The van der Waals surface area contributed by atoms with Gasteiger partial charge in [0, 0.05) is 39.2 Å². The molecule has 0 aliphatic heterocycles. The minimum Gasteiger partial charge on any atom is -0.495 e. The van der Waals surface area contributed by atoms with Gasteiger partial charge in [0.15, 0.2) is 11.0 Å². The number of carbonyl (C=O) groups excluding carboxylic acids is 1. The molecule has 0 saturated carbocycles. The Morgan fingerprint density at radius 1 is 1.15 bits per heavy atom. The van der Waals surface area contributed by atoms with E-state index < -0.39 is 0 Å². The third-order valence-corrected chi connectivity index (χ3v) is 6.61. The lowest BCUT2D eigenvalue weighted by Gasteiger charge is -2.13. The van der Waals surface area contributed by atoms with Crippen LogP contribution in [-0.2, 0) is 4.79 Å². The minimum absolute atomic E-state index is 0.135. The summed E-state index contributed by atoms with van der Waals surface area (Å²) in [7, 11) is 1.53. The van der Waals surface area contributed by atoms with Crippen LogP contribution in [0.2, 0.25) is 5.02 Å². The van der Waals surface area contributed by atoms with Gasteiger partial charge in [-0.1, -0.05) is 39.3 Å². The number of carbonyl (C=O) groups is 1. The van der Waals surface area contributed by atoms with E-state index in [2.05, 4.69) is 36.4 Å². The topological polar surface area (TPSA) is 81.9 Å². The van der Waals surface area contributed by atoms with Crippen LogP contribution < -0.4 is 10.1 Å². The molecule has 0 spiro atoms.